The predicted molar refractivity (Wildman–Crippen MR) is 105 cm³/mol. The molecule has 3 aromatic rings. The Hall–Kier alpha value is -2.37. The fourth-order valence-corrected chi connectivity index (χ4v) is 3.60. The Morgan fingerprint density at radius 1 is 1.00 bits per heavy atom. The van der Waals surface area contributed by atoms with Crippen LogP contribution in [0.3, 0.4) is 0 Å². The highest BCUT2D eigenvalue weighted by Gasteiger charge is 2.20. The van der Waals surface area contributed by atoms with Crippen LogP contribution in [-0.2, 0) is 6.54 Å². The number of piperazine rings is 1. The van der Waals surface area contributed by atoms with E-state index in [1.165, 1.54) is 5.56 Å². The Bertz CT molecular complexity index is 869. The second kappa shape index (κ2) is 7.48. The first-order valence-corrected chi connectivity index (χ1v) is 9.27. The van der Waals surface area contributed by atoms with Crippen molar-refractivity contribution < 1.29 is 0 Å². The van der Waals surface area contributed by atoms with Crippen molar-refractivity contribution in [1.82, 2.24) is 19.7 Å². The molecule has 1 aliphatic heterocycles. The minimum atomic E-state index is 0.584. The number of benzene rings is 1. The molecule has 0 N–H and O–H groups in total. The number of nitrogens with zero attached hydrogens (tertiary/aromatic N) is 5. The summed E-state index contributed by atoms with van der Waals surface area (Å²) in [4.78, 5) is 8.97. The molecule has 0 unspecified atom stereocenters. The van der Waals surface area contributed by atoms with E-state index in [4.69, 9.17) is 11.6 Å². The summed E-state index contributed by atoms with van der Waals surface area (Å²) in [6.07, 6.45) is 3.88. The monoisotopic (exact) mass is 367 g/mol. The highest BCUT2D eigenvalue weighted by Crippen LogP contribution is 2.24. The zero-order valence-corrected chi connectivity index (χ0v) is 15.6. The van der Waals surface area contributed by atoms with Crippen LogP contribution in [0.15, 0.2) is 54.9 Å². The molecule has 26 heavy (non-hydrogen) atoms. The Morgan fingerprint density at radius 3 is 2.50 bits per heavy atom. The van der Waals surface area contributed by atoms with Crippen LogP contribution in [0.2, 0.25) is 5.15 Å². The van der Waals surface area contributed by atoms with Gasteiger partial charge in [0, 0.05) is 50.7 Å². The van der Waals surface area contributed by atoms with Crippen LogP contribution < -0.4 is 4.90 Å². The van der Waals surface area contributed by atoms with Crippen LogP contribution in [0.5, 0.6) is 0 Å². The van der Waals surface area contributed by atoms with Crippen LogP contribution in [0.1, 0.15) is 11.3 Å². The van der Waals surface area contributed by atoms with Crippen molar-refractivity contribution >= 4 is 17.3 Å². The zero-order valence-electron chi connectivity index (χ0n) is 14.8. The third-order valence-electron chi connectivity index (χ3n) is 4.87. The van der Waals surface area contributed by atoms with Gasteiger partial charge < -0.3 is 4.90 Å². The molecule has 0 amide bonds. The lowest BCUT2D eigenvalue weighted by atomic mass is 10.2. The van der Waals surface area contributed by atoms with Crippen molar-refractivity contribution in [1.29, 1.82) is 0 Å². The third kappa shape index (κ3) is 3.59. The molecule has 0 aliphatic carbocycles. The molecule has 4 rings (SSSR count). The van der Waals surface area contributed by atoms with Crippen LogP contribution in [0, 0.1) is 6.92 Å². The average Bonchev–Trinajstić information content (AvgIpc) is 3.04. The number of aryl methyl sites for hydroxylation is 1. The minimum Gasteiger partial charge on any atom is -0.366 e. The highest BCUT2D eigenvalue weighted by atomic mass is 35.5. The highest BCUT2D eigenvalue weighted by molar-refractivity contribution is 6.32. The second-order valence-corrected chi connectivity index (χ2v) is 6.95. The Morgan fingerprint density at radius 2 is 1.77 bits per heavy atom. The standard InChI is InChI=1S/C20H22ClN5/c1-16-17(15-26(23-16)18-6-3-2-4-7-18)14-24-10-12-25(13-11-24)19-8-5-9-22-20(19)21/h2-9,15H,10-14H2,1H3. The molecule has 1 fully saturated rings. The molecule has 6 heteroatoms. The minimum absolute atomic E-state index is 0.584. The summed E-state index contributed by atoms with van der Waals surface area (Å²) in [5.41, 5.74) is 4.49. The molecule has 0 atom stereocenters. The first-order valence-electron chi connectivity index (χ1n) is 8.89. The molecule has 5 nitrogen and oxygen atoms in total. The van der Waals surface area contributed by atoms with E-state index in [9.17, 15) is 0 Å². The van der Waals surface area contributed by atoms with Gasteiger partial charge >= 0.3 is 0 Å². The SMILES string of the molecule is Cc1nn(-c2ccccc2)cc1CN1CCN(c2cccnc2Cl)CC1. The fraction of sp³-hybridized carbons (Fsp3) is 0.300. The zero-order chi connectivity index (χ0) is 17.9. The van der Waals surface area contributed by atoms with Gasteiger partial charge in [0.05, 0.1) is 17.1 Å². The van der Waals surface area contributed by atoms with Gasteiger partial charge in [0.25, 0.3) is 0 Å². The first-order chi connectivity index (χ1) is 12.7. The summed E-state index contributed by atoms with van der Waals surface area (Å²) >= 11 is 6.23. The molecular formula is C20H22ClN5. The number of hydrogen-bond acceptors (Lipinski definition) is 4. The number of pyridine rings is 1. The molecule has 3 heterocycles. The number of halogens is 1. The van der Waals surface area contributed by atoms with E-state index < -0.39 is 0 Å². The van der Waals surface area contributed by atoms with Crippen molar-refractivity contribution in [3.63, 3.8) is 0 Å². The van der Waals surface area contributed by atoms with Gasteiger partial charge in [0.1, 0.15) is 0 Å². The maximum atomic E-state index is 6.23. The van der Waals surface area contributed by atoms with Crippen LogP contribution in [0.4, 0.5) is 5.69 Å². The van der Waals surface area contributed by atoms with Crippen molar-refractivity contribution in [2.75, 3.05) is 31.1 Å². The lowest BCUT2D eigenvalue weighted by Gasteiger charge is -2.36. The van der Waals surface area contributed by atoms with Gasteiger partial charge in [-0.2, -0.15) is 5.10 Å². The van der Waals surface area contributed by atoms with Gasteiger partial charge in [0.2, 0.25) is 0 Å². The van der Waals surface area contributed by atoms with Crippen LogP contribution in [-0.4, -0.2) is 45.8 Å². The molecule has 1 saturated heterocycles. The van der Waals surface area contributed by atoms with Crippen molar-refractivity contribution in [2.45, 2.75) is 13.5 Å². The van der Waals surface area contributed by atoms with Gasteiger partial charge in [-0.3, -0.25) is 4.90 Å². The Kier molecular flexibility index (Phi) is 4.91. The van der Waals surface area contributed by atoms with Gasteiger partial charge in [-0.05, 0) is 31.2 Å². The van der Waals surface area contributed by atoms with Crippen LogP contribution in [0.25, 0.3) is 5.69 Å². The molecule has 0 spiro atoms. The van der Waals surface area contributed by atoms with E-state index >= 15 is 0 Å². The third-order valence-corrected chi connectivity index (χ3v) is 5.16. The lowest BCUT2D eigenvalue weighted by molar-refractivity contribution is 0.249. The molecule has 134 valence electrons. The smallest absolute Gasteiger partial charge is 0.152 e. The maximum Gasteiger partial charge on any atom is 0.152 e. The van der Waals surface area contributed by atoms with Gasteiger partial charge in [-0.15, -0.1) is 0 Å². The number of hydrogen-bond donors (Lipinski definition) is 0. The summed E-state index contributed by atoms with van der Waals surface area (Å²) in [6, 6.07) is 14.2. The summed E-state index contributed by atoms with van der Waals surface area (Å²) in [7, 11) is 0. The number of rotatable bonds is 4. The van der Waals surface area contributed by atoms with E-state index in [-0.39, 0.29) is 0 Å². The van der Waals surface area contributed by atoms with Crippen LogP contribution >= 0.6 is 11.6 Å². The van der Waals surface area contributed by atoms with E-state index in [1.54, 1.807) is 6.20 Å². The first kappa shape index (κ1) is 17.1. The van der Waals surface area contributed by atoms with E-state index in [0.717, 1.165) is 49.8 Å². The normalized spacial score (nSPS) is 15.4. The quantitative estimate of drug-likeness (QED) is 0.661. The van der Waals surface area contributed by atoms with E-state index in [1.807, 2.05) is 35.0 Å². The lowest BCUT2D eigenvalue weighted by Crippen LogP contribution is -2.46. The summed E-state index contributed by atoms with van der Waals surface area (Å²) < 4.78 is 1.97. The summed E-state index contributed by atoms with van der Waals surface area (Å²) in [6.45, 7) is 6.92. The number of para-hydroxylation sites is 1. The maximum absolute atomic E-state index is 6.23. The average molecular weight is 368 g/mol. The number of aromatic nitrogens is 3. The number of anilines is 1. The molecule has 0 bridgehead atoms. The van der Waals surface area contributed by atoms with Gasteiger partial charge in [0.15, 0.2) is 5.15 Å². The van der Waals surface area contributed by atoms with Crippen molar-refractivity contribution in [3.05, 3.63) is 71.3 Å². The topological polar surface area (TPSA) is 37.2 Å². The van der Waals surface area contributed by atoms with Crippen molar-refractivity contribution in [3.8, 4) is 5.69 Å². The van der Waals surface area contributed by atoms with Gasteiger partial charge in [-0.1, -0.05) is 29.8 Å². The molecule has 0 saturated carbocycles. The molecule has 0 radical (unpaired) electrons. The summed E-state index contributed by atoms with van der Waals surface area (Å²) in [5.74, 6) is 0. The largest absolute Gasteiger partial charge is 0.366 e. The van der Waals surface area contributed by atoms with E-state index in [0.29, 0.717) is 5.15 Å². The molecular weight excluding hydrogens is 346 g/mol. The summed E-state index contributed by atoms with van der Waals surface area (Å²) in [5, 5.41) is 5.26. The molecule has 1 aromatic carbocycles. The fourth-order valence-electron chi connectivity index (χ4n) is 3.37. The molecule has 1 aliphatic rings. The predicted octanol–water partition coefficient (Wildman–Crippen LogP) is 3.55. The van der Waals surface area contributed by atoms with Gasteiger partial charge in [-0.25, -0.2) is 9.67 Å². The second-order valence-electron chi connectivity index (χ2n) is 6.60. The Balaban J connectivity index is 1.41. The molecule has 2 aromatic heterocycles. The Labute approximate surface area is 158 Å². The van der Waals surface area contributed by atoms with Crippen molar-refractivity contribution in [2.24, 2.45) is 0 Å². The van der Waals surface area contributed by atoms with E-state index in [2.05, 4.69) is 45.1 Å².